The molecule has 1 aromatic rings. The maximum absolute atomic E-state index is 12.6. The number of urea groups is 1. The highest BCUT2D eigenvalue weighted by Gasteiger charge is 2.25. The molecule has 1 heterocycles. The molecule has 0 unspecified atom stereocenters. The molecule has 3 amide bonds. The fourth-order valence-corrected chi connectivity index (χ4v) is 3.29. The monoisotopic (exact) mass is 367 g/mol. The van der Waals surface area contributed by atoms with Gasteiger partial charge in [0.25, 0.3) is 0 Å². The number of carbonyl (C=O) groups is 2. The second-order valence-electron chi connectivity index (χ2n) is 6.56. The Hall–Kier alpha value is -1.95. The fourth-order valence-electron chi connectivity index (χ4n) is 2.99. The molecule has 1 aliphatic heterocycles. The van der Waals surface area contributed by atoms with Crippen molar-refractivity contribution in [2.45, 2.75) is 33.2 Å². The van der Waals surface area contributed by atoms with Gasteiger partial charge in [-0.2, -0.15) is 0 Å². The minimum Gasteiger partial charge on any atom is -0.496 e. The Balaban J connectivity index is 1.97. The summed E-state index contributed by atoms with van der Waals surface area (Å²) >= 11 is 6.11. The van der Waals surface area contributed by atoms with Crippen molar-refractivity contribution in [2.24, 2.45) is 0 Å². The van der Waals surface area contributed by atoms with Gasteiger partial charge in [0.15, 0.2) is 0 Å². The van der Waals surface area contributed by atoms with Crippen LogP contribution in [0.25, 0.3) is 0 Å². The second kappa shape index (κ2) is 8.43. The van der Waals surface area contributed by atoms with Crippen LogP contribution in [0, 0.1) is 6.92 Å². The van der Waals surface area contributed by atoms with Crippen LogP contribution in [0.15, 0.2) is 12.1 Å². The minimum absolute atomic E-state index is 0.0175. The van der Waals surface area contributed by atoms with Crippen LogP contribution < -0.4 is 10.1 Å². The molecular formula is C18H26ClN3O3. The zero-order chi connectivity index (χ0) is 18.6. The molecule has 2 rings (SSSR count). The van der Waals surface area contributed by atoms with Crippen molar-refractivity contribution in [3.63, 3.8) is 0 Å². The lowest BCUT2D eigenvalue weighted by atomic mass is 10.1. The van der Waals surface area contributed by atoms with Crippen molar-refractivity contribution >= 4 is 23.5 Å². The number of piperazine rings is 1. The molecule has 7 heteroatoms. The van der Waals surface area contributed by atoms with Crippen LogP contribution in [-0.2, 0) is 11.2 Å². The molecule has 1 aliphatic rings. The Morgan fingerprint density at radius 3 is 2.36 bits per heavy atom. The number of hydrogen-bond acceptors (Lipinski definition) is 3. The largest absolute Gasteiger partial charge is 0.496 e. The molecule has 1 N–H and O–H groups in total. The second-order valence-corrected chi connectivity index (χ2v) is 7.00. The first-order chi connectivity index (χ1) is 11.8. The van der Waals surface area contributed by atoms with E-state index in [-0.39, 0.29) is 24.4 Å². The smallest absolute Gasteiger partial charge is 0.317 e. The quantitative estimate of drug-likeness (QED) is 0.889. The molecule has 6 nitrogen and oxygen atoms in total. The van der Waals surface area contributed by atoms with E-state index in [2.05, 4.69) is 5.32 Å². The molecule has 1 aromatic carbocycles. The van der Waals surface area contributed by atoms with Crippen LogP contribution >= 0.6 is 11.6 Å². The van der Waals surface area contributed by atoms with Gasteiger partial charge in [-0.1, -0.05) is 11.6 Å². The Labute approximate surface area is 154 Å². The number of aryl methyl sites for hydroxylation is 1. The molecular weight excluding hydrogens is 342 g/mol. The summed E-state index contributed by atoms with van der Waals surface area (Å²) in [6.45, 7) is 7.91. The normalized spacial score (nSPS) is 14.6. The number of halogens is 1. The summed E-state index contributed by atoms with van der Waals surface area (Å²) in [7, 11) is 1.59. The first-order valence-corrected chi connectivity index (χ1v) is 8.85. The topological polar surface area (TPSA) is 61.9 Å². The number of benzene rings is 1. The standard InChI is InChI=1S/C18H26ClN3O3/c1-12(2)20-18(24)22-7-5-21(6-8-22)16(23)11-14-10-15(19)9-13(3)17(14)25-4/h9-10,12H,5-8,11H2,1-4H3,(H,20,24). The van der Waals surface area contributed by atoms with Gasteiger partial charge in [-0.15, -0.1) is 0 Å². The van der Waals surface area contributed by atoms with Crippen molar-refractivity contribution in [1.29, 1.82) is 0 Å². The number of methoxy groups -OCH3 is 1. The lowest BCUT2D eigenvalue weighted by molar-refractivity contribution is -0.131. The lowest BCUT2D eigenvalue weighted by Gasteiger charge is -2.35. The van der Waals surface area contributed by atoms with Crippen LogP contribution in [0.1, 0.15) is 25.0 Å². The molecule has 0 radical (unpaired) electrons. The van der Waals surface area contributed by atoms with Crippen LogP contribution in [0.4, 0.5) is 4.79 Å². The number of carbonyl (C=O) groups excluding carboxylic acids is 2. The number of nitrogens with one attached hydrogen (secondary N) is 1. The first-order valence-electron chi connectivity index (χ1n) is 8.48. The SMILES string of the molecule is COc1c(C)cc(Cl)cc1CC(=O)N1CCN(C(=O)NC(C)C)CC1. The van der Waals surface area contributed by atoms with Gasteiger partial charge in [-0.3, -0.25) is 4.79 Å². The summed E-state index contributed by atoms with van der Waals surface area (Å²) in [5.41, 5.74) is 1.70. The molecule has 25 heavy (non-hydrogen) atoms. The number of rotatable bonds is 4. The van der Waals surface area contributed by atoms with E-state index in [1.165, 1.54) is 0 Å². The Kier molecular flexibility index (Phi) is 6.53. The van der Waals surface area contributed by atoms with Gasteiger partial charge in [0, 0.05) is 42.8 Å². The highest BCUT2D eigenvalue weighted by atomic mass is 35.5. The summed E-state index contributed by atoms with van der Waals surface area (Å²) < 4.78 is 5.41. The summed E-state index contributed by atoms with van der Waals surface area (Å²) in [6.07, 6.45) is 0.239. The van der Waals surface area contributed by atoms with Gasteiger partial charge in [0.1, 0.15) is 5.75 Å². The van der Waals surface area contributed by atoms with E-state index in [1.54, 1.807) is 23.0 Å². The lowest BCUT2D eigenvalue weighted by Crippen LogP contribution is -2.54. The summed E-state index contributed by atoms with van der Waals surface area (Å²) in [6, 6.07) is 3.62. The van der Waals surface area contributed by atoms with Gasteiger partial charge in [0.2, 0.25) is 5.91 Å². The third-order valence-corrected chi connectivity index (χ3v) is 4.41. The number of ether oxygens (including phenoxy) is 1. The first kappa shape index (κ1) is 19.4. The average Bonchev–Trinajstić information content (AvgIpc) is 2.54. The van der Waals surface area contributed by atoms with Crippen LogP contribution in [0.2, 0.25) is 5.02 Å². The predicted octanol–water partition coefficient (Wildman–Crippen LogP) is 2.46. The Morgan fingerprint density at radius 1 is 1.20 bits per heavy atom. The van der Waals surface area contributed by atoms with Gasteiger partial charge in [-0.05, 0) is 38.5 Å². The zero-order valence-corrected chi connectivity index (χ0v) is 16.0. The highest BCUT2D eigenvalue weighted by Crippen LogP contribution is 2.28. The van der Waals surface area contributed by atoms with Crippen molar-refractivity contribution in [2.75, 3.05) is 33.3 Å². The van der Waals surface area contributed by atoms with E-state index < -0.39 is 0 Å². The van der Waals surface area contributed by atoms with E-state index in [4.69, 9.17) is 16.3 Å². The van der Waals surface area contributed by atoms with Gasteiger partial charge >= 0.3 is 6.03 Å². The summed E-state index contributed by atoms with van der Waals surface area (Å²) in [5, 5.41) is 3.47. The number of amides is 3. The van der Waals surface area contributed by atoms with Crippen molar-refractivity contribution in [3.05, 3.63) is 28.3 Å². The maximum atomic E-state index is 12.6. The molecule has 0 aliphatic carbocycles. The zero-order valence-electron chi connectivity index (χ0n) is 15.3. The van der Waals surface area contributed by atoms with Crippen molar-refractivity contribution in [3.8, 4) is 5.75 Å². The third kappa shape index (κ3) is 5.01. The van der Waals surface area contributed by atoms with Gasteiger partial charge in [0.05, 0.1) is 13.5 Å². The van der Waals surface area contributed by atoms with Gasteiger partial charge in [-0.25, -0.2) is 4.79 Å². The van der Waals surface area contributed by atoms with E-state index >= 15 is 0 Å². The summed E-state index contributed by atoms with van der Waals surface area (Å²) in [4.78, 5) is 28.2. The number of nitrogens with zero attached hydrogens (tertiary/aromatic N) is 2. The number of hydrogen-bond donors (Lipinski definition) is 1. The van der Waals surface area contributed by atoms with Crippen LogP contribution in [0.3, 0.4) is 0 Å². The van der Waals surface area contributed by atoms with E-state index in [0.717, 1.165) is 11.1 Å². The molecule has 0 saturated carbocycles. The molecule has 0 aromatic heterocycles. The Morgan fingerprint density at radius 2 is 1.80 bits per heavy atom. The molecule has 1 fully saturated rings. The minimum atomic E-state index is -0.0748. The fraction of sp³-hybridized carbons (Fsp3) is 0.556. The Bertz CT molecular complexity index is 641. The van der Waals surface area contributed by atoms with Crippen molar-refractivity contribution < 1.29 is 14.3 Å². The summed E-state index contributed by atoms with van der Waals surface area (Å²) in [5.74, 6) is 0.719. The van der Waals surface area contributed by atoms with E-state index in [1.807, 2.05) is 26.8 Å². The van der Waals surface area contributed by atoms with Gasteiger partial charge < -0.3 is 19.9 Å². The maximum Gasteiger partial charge on any atom is 0.317 e. The molecule has 0 bridgehead atoms. The van der Waals surface area contributed by atoms with Crippen molar-refractivity contribution in [1.82, 2.24) is 15.1 Å². The molecule has 0 atom stereocenters. The van der Waals surface area contributed by atoms with Crippen LogP contribution in [-0.4, -0.2) is 61.1 Å². The molecule has 138 valence electrons. The van der Waals surface area contributed by atoms with E-state index in [0.29, 0.717) is 37.0 Å². The van der Waals surface area contributed by atoms with E-state index in [9.17, 15) is 9.59 Å². The predicted molar refractivity (Wildman–Crippen MR) is 98.3 cm³/mol. The third-order valence-electron chi connectivity index (χ3n) is 4.19. The highest BCUT2D eigenvalue weighted by molar-refractivity contribution is 6.30. The molecule has 1 saturated heterocycles. The van der Waals surface area contributed by atoms with Crippen LogP contribution in [0.5, 0.6) is 5.75 Å². The average molecular weight is 368 g/mol. The molecule has 0 spiro atoms.